The molecule has 0 aromatic rings. The number of rotatable bonds is 5. The minimum Gasteiger partial charge on any atom is -0.385 e. The van der Waals surface area contributed by atoms with E-state index < -0.39 is 0 Å². The molecule has 2 nitrogen and oxygen atoms in total. The fourth-order valence-corrected chi connectivity index (χ4v) is 1.75. The second-order valence-electron chi connectivity index (χ2n) is 3.89. The van der Waals surface area contributed by atoms with E-state index >= 15 is 0 Å². The number of nitrogens with zero attached hydrogens (tertiary/aromatic N) is 1. The van der Waals surface area contributed by atoms with E-state index in [1.807, 2.05) is 0 Å². The lowest BCUT2D eigenvalue weighted by Crippen LogP contribution is -2.27. The molecule has 1 N–H and O–H groups in total. The van der Waals surface area contributed by atoms with Gasteiger partial charge in [-0.2, -0.15) is 0 Å². The van der Waals surface area contributed by atoms with Gasteiger partial charge in [-0.3, -0.25) is 0 Å². The van der Waals surface area contributed by atoms with Crippen LogP contribution in [-0.2, 0) is 0 Å². The summed E-state index contributed by atoms with van der Waals surface area (Å²) in [6, 6.07) is 0. The topological polar surface area (TPSA) is 15.3 Å². The maximum absolute atomic E-state index is 3.31. The summed E-state index contributed by atoms with van der Waals surface area (Å²) in [6.45, 7) is 2.24. The van der Waals surface area contributed by atoms with Crippen LogP contribution in [0.5, 0.6) is 0 Å². The number of nitrogens with one attached hydrogen (secondary N) is 1. The normalized spacial score (nSPS) is 19.6. The van der Waals surface area contributed by atoms with Crippen LogP contribution >= 0.6 is 0 Å². The van der Waals surface area contributed by atoms with Gasteiger partial charge < -0.3 is 10.2 Å². The maximum atomic E-state index is 3.31. The fraction of sp³-hybridized carbons (Fsp3) is 0.636. The number of likely N-dealkylation sites (N-methyl/N-ethyl adjacent to an activating group) is 1. The van der Waals surface area contributed by atoms with Crippen molar-refractivity contribution in [2.75, 3.05) is 20.1 Å². The van der Waals surface area contributed by atoms with Crippen LogP contribution in [0, 0.1) is 0 Å². The molecule has 0 spiro atoms. The highest BCUT2D eigenvalue weighted by Gasteiger charge is 2.11. The van der Waals surface area contributed by atoms with Crippen LogP contribution in [0.15, 0.2) is 23.5 Å². The van der Waals surface area contributed by atoms with Gasteiger partial charge in [0.2, 0.25) is 0 Å². The van der Waals surface area contributed by atoms with Crippen molar-refractivity contribution in [2.45, 2.75) is 25.7 Å². The van der Waals surface area contributed by atoms with Crippen molar-refractivity contribution in [1.29, 1.82) is 0 Å². The van der Waals surface area contributed by atoms with Crippen LogP contribution < -0.4 is 5.32 Å². The molecule has 0 aliphatic carbocycles. The molecule has 0 unspecified atom stereocenters. The molecular formula is C11H18N2. The Hall–Kier alpha value is -0.920. The average Bonchev–Trinajstić information content (AvgIpc) is 2.05. The van der Waals surface area contributed by atoms with Crippen molar-refractivity contribution in [2.24, 2.45) is 0 Å². The Labute approximate surface area is 80.3 Å². The summed E-state index contributed by atoms with van der Waals surface area (Å²) in [5, 5.41) is 3.31. The second-order valence-corrected chi connectivity index (χ2v) is 3.89. The highest BCUT2D eigenvalue weighted by Crippen LogP contribution is 2.20. The van der Waals surface area contributed by atoms with Crippen LogP contribution in [0.25, 0.3) is 0 Å². The predicted octanol–water partition coefficient (Wildman–Crippen LogP) is 1.86. The summed E-state index contributed by atoms with van der Waals surface area (Å²) < 4.78 is 0. The zero-order valence-corrected chi connectivity index (χ0v) is 8.34. The number of allylic oxidation sites excluding steroid dienone is 2. The summed E-state index contributed by atoms with van der Waals surface area (Å²) in [5.41, 5.74) is 2.99. The van der Waals surface area contributed by atoms with E-state index in [0.717, 1.165) is 13.1 Å². The lowest BCUT2D eigenvalue weighted by Gasteiger charge is -2.29. The van der Waals surface area contributed by atoms with Gasteiger partial charge in [-0.25, -0.2) is 0 Å². The van der Waals surface area contributed by atoms with Crippen molar-refractivity contribution < 1.29 is 0 Å². The van der Waals surface area contributed by atoms with Crippen LogP contribution in [0.4, 0.5) is 0 Å². The largest absolute Gasteiger partial charge is 0.385 e. The van der Waals surface area contributed by atoms with E-state index in [2.05, 4.69) is 29.4 Å². The van der Waals surface area contributed by atoms with E-state index in [-0.39, 0.29) is 0 Å². The van der Waals surface area contributed by atoms with Gasteiger partial charge in [0, 0.05) is 31.5 Å². The molecule has 2 heteroatoms. The quantitative estimate of drug-likeness (QED) is 0.646. The van der Waals surface area contributed by atoms with Gasteiger partial charge in [0.05, 0.1) is 0 Å². The molecule has 0 saturated carbocycles. The van der Waals surface area contributed by atoms with Gasteiger partial charge in [-0.1, -0.05) is 0 Å². The smallest absolute Gasteiger partial charge is 0.0372 e. The van der Waals surface area contributed by atoms with E-state index in [4.69, 9.17) is 0 Å². The zero-order chi connectivity index (χ0) is 9.10. The summed E-state index contributed by atoms with van der Waals surface area (Å²) in [6.07, 6.45) is 9.79. The molecule has 2 rings (SSSR count). The molecule has 0 aromatic carbocycles. The van der Waals surface area contributed by atoms with Crippen molar-refractivity contribution >= 4 is 0 Å². The molecule has 0 radical (unpaired) electrons. The molecule has 0 aromatic heterocycles. The van der Waals surface area contributed by atoms with Crippen molar-refractivity contribution in [3.63, 3.8) is 0 Å². The standard InChI is InChI=1S/C11H18N2/c1-13-9-7-11(13)5-3-2-4-10-6-8-12-10/h6-7,12H,2-5,8-9H2,1H3. The van der Waals surface area contributed by atoms with E-state index in [0.29, 0.717) is 0 Å². The molecule has 0 saturated heterocycles. The predicted molar refractivity (Wildman–Crippen MR) is 55.3 cm³/mol. The number of hydrogen-bond acceptors (Lipinski definition) is 2. The zero-order valence-electron chi connectivity index (χ0n) is 8.34. The lowest BCUT2D eigenvalue weighted by molar-refractivity contribution is 0.383. The summed E-state index contributed by atoms with van der Waals surface area (Å²) in [5.74, 6) is 0. The monoisotopic (exact) mass is 178 g/mol. The fourth-order valence-electron chi connectivity index (χ4n) is 1.75. The van der Waals surface area contributed by atoms with Crippen LogP contribution in [0.2, 0.25) is 0 Å². The highest BCUT2D eigenvalue weighted by molar-refractivity contribution is 5.12. The molecule has 2 aliphatic heterocycles. The van der Waals surface area contributed by atoms with Gasteiger partial charge in [0.15, 0.2) is 0 Å². The third-order valence-corrected chi connectivity index (χ3v) is 2.90. The SMILES string of the molecule is CN1CC=C1CCCCC1=CCN1. The maximum Gasteiger partial charge on any atom is 0.0372 e. The highest BCUT2D eigenvalue weighted by atomic mass is 15.1. The Balaban J connectivity index is 1.54. The van der Waals surface area contributed by atoms with E-state index in [9.17, 15) is 0 Å². The van der Waals surface area contributed by atoms with E-state index in [1.165, 1.54) is 37.1 Å². The second kappa shape index (κ2) is 3.86. The molecule has 2 aliphatic rings. The lowest BCUT2D eigenvalue weighted by atomic mass is 10.1. The Morgan fingerprint density at radius 3 is 2.54 bits per heavy atom. The minimum atomic E-state index is 1.09. The van der Waals surface area contributed by atoms with Gasteiger partial charge in [0.1, 0.15) is 0 Å². The Morgan fingerprint density at radius 2 is 2.08 bits per heavy atom. The Bertz CT molecular complexity index is 240. The molecule has 0 bridgehead atoms. The van der Waals surface area contributed by atoms with Crippen molar-refractivity contribution in [1.82, 2.24) is 10.2 Å². The van der Waals surface area contributed by atoms with Crippen molar-refractivity contribution in [3.8, 4) is 0 Å². The van der Waals surface area contributed by atoms with E-state index in [1.54, 1.807) is 0 Å². The van der Waals surface area contributed by atoms with Gasteiger partial charge in [0.25, 0.3) is 0 Å². The molecule has 0 amide bonds. The average molecular weight is 178 g/mol. The first-order valence-corrected chi connectivity index (χ1v) is 5.19. The first-order chi connectivity index (χ1) is 6.36. The molecule has 0 atom stereocenters. The molecule has 13 heavy (non-hydrogen) atoms. The summed E-state index contributed by atoms with van der Waals surface area (Å²) >= 11 is 0. The Kier molecular flexibility index (Phi) is 2.57. The van der Waals surface area contributed by atoms with Gasteiger partial charge in [-0.05, 0) is 37.8 Å². The van der Waals surface area contributed by atoms with Crippen molar-refractivity contribution in [3.05, 3.63) is 23.5 Å². The van der Waals surface area contributed by atoms with Crippen LogP contribution in [0.1, 0.15) is 25.7 Å². The van der Waals surface area contributed by atoms with Gasteiger partial charge in [-0.15, -0.1) is 0 Å². The summed E-state index contributed by atoms with van der Waals surface area (Å²) in [4.78, 5) is 2.33. The minimum absolute atomic E-state index is 1.09. The number of unbranched alkanes of at least 4 members (excludes halogenated alkanes) is 1. The molecular weight excluding hydrogens is 160 g/mol. The van der Waals surface area contributed by atoms with Gasteiger partial charge >= 0.3 is 0 Å². The van der Waals surface area contributed by atoms with Crippen LogP contribution in [0.3, 0.4) is 0 Å². The summed E-state index contributed by atoms with van der Waals surface area (Å²) in [7, 11) is 2.17. The van der Waals surface area contributed by atoms with Crippen LogP contribution in [-0.4, -0.2) is 25.0 Å². The third kappa shape index (κ3) is 2.06. The first kappa shape index (κ1) is 8.67. The molecule has 0 fully saturated rings. The molecule has 2 heterocycles. The third-order valence-electron chi connectivity index (χ3n) is 2.90. The Morgan fingerprint density at radius 1 is 1.31 bits per heavy atom. The first-order valence-electron chi connectivity index (χ1n) is 5.19. The molecule has 72 valence electrons. The number of hydrogen-bond donors (Lipinski definition) is 1.